The van der Waals surface area contributed by atoms with E-state index in [-0.39, 0.29) is 5.82 Å². The highest BCUT2D eigenvalue weighted by molar-refractivity contribution is 6.17. The zero-order chi connectivity index (χ0) is 14.8. The molecule has 2 aromatic heterocycles. The normalized spacial score (nSPS) is 11.2. The second-order valence-corrected chi connectivity index (χ2v) is 5.37. The fraction of sp³-hybridized carbons (Fsp3) is 0.250. The highest BCUT2D eigenvalue weighted by Gasteiger charge is 2.11. The third-order valence-corrected chi connectivity index (χ3v) is 3.61. The van der Waals surface area contributed by atoms with E-state index in [1.165, 1.54) is 12.1 Å². The van der Waals surface area contributed by atoms with Crippen LogP contribution in [0.5, 0.6) is 0 Å². The molecule has 5 heteroatoms. The number of rotatable bonds is 4. The summed E-state index contributed by atoms with van der Waals surface area (Å²) >= 11 is 5.85. The zero-order valence-corrected chi connectivity index (χ0v) is 12.4. The molecule has 0 aliphatic heterocycles. The molecule has 0 spiro atoms. The van der Waals surface area contributed by atoms with Crippen LogP contribution in [0, 0.1) is 12.7 Å². The number of fused-ring (bicyclic) bond motifs is 1. The molecule has 0 fully saturated rings. The van der Waals surface area contributed by atoms with Gasteiger partial charge in [-0.3, -0.25) is 4.98 Å². The van der Waals surface area contributed by atoms with Gasteiger partial charge in [-0.05, 0) is 36.8 Å². The maximum atomic E-state index is 13.5. The number of benzene rings is 1. The largest absolute Gasteiger partial charge is 0.323 e. The van der Waals surface area contributed by atoms with Crippen molar-refractivity contribution in [2.45, 2.75) is 19.9 Å². The van der Waals surface area contributed by atoms with Gasteiger partial charge in [-0.15, -0.1) is 11.6 Å². The van der Waals surface area contributed by atoms with E-state index in [0.29, 0.717) is 18.8 Å². The van der Waals surface area contributed by atoms with Gasteiger partial charge in [0.1, 0.15) is 11.6 Å². The lowest BCUT2D eigenvalue weighted by molar-refractivity contribution is 0.628. The minimum absolute atomic E-state index is 0.261. The molecule has 0 N–H and O–H groups in total. The van der Waals surface area contributed by atoms with Crippen molar-refractivity contribution in [2.24, 2.45) is 0 Å². The Kier molecular flexibility index (Phi) is 3.88. The van der Waals surface area contributed by atoms with Crippen LogP contribution in [-0.4, -0.2) is 20.4 Å². The third-order valence-electron chi connectivity index (χ3n) is 3.42. The number of alkyl halides is 1. The van der Waals surface area contributed by atoms with E-state index in [1.54, 1.807) is 6.07 Å². The Morgan fingerprint density at radius 2 is 2.10 bits per heavy atom. The first kappa shape index (κ1) is 14.0. The van der Waals surface area contributed by atoms with Crippen LogP contribution in [0.1, 0.15) is 17.1 Å². The summed E-state index contributed by atoms with van der Waals surface area (Å²) in [6.07, 6.45) is 2.49. The first-order chi connectivity index (χ1) is 10.2. The molecule has 0 bridgehead atoms. The number of nitrogens with zero attached hydrogens (tertiary/aromatic N) is 3. The minimum Gasteiger partial charge on any atom is -0.323 e. The molecule has 0 radical (unpaired) electrons. The number of aryl methyl sites for hydroxylation is 2. The fourth-order valence-corrected chi connectivity index (χ4v) is 2.54. The molecule has 0 aliphatic rings. The Morgan fingerprint density at radius 1 is 1.24 bits per heavy atom. The van der Waals surface area contributed by atoms with E-state index in [1.807, 2.05) is 29.8 Å². The number of hydrogen-bond donors (Lipinski definition) is 0. The van der Waals surface area contributed by atoms with Gasteiger partial charge in [-0.1, -0.05) is 6.07 Å². The molecule has 21 heavy (non-hydrogen) atoms. The molecular formula is C16H15ClFN3. The summed E-state index contributed by atoms with van der Waals surface area (Å²) in [6, 6.07) is 8.64. The van der Waals surface area contributed by atoms with Gasteiger partial charge in [0, 0.05) is 24.2 Å². The van der Waals surface area contributed by atoms with Crippen molar-refractivity contribution < 1.29 is 4.39 Å². The molecular weight excluding hydrogens is 289 g/mol. The molecule has 3 aromatic rings. The SMILES string of the molecule is Cc1ccc(Cn2c(CCCl)nc3ccc(F)cc32)cn1. The first-order valence-corrected chi connectivity index (χ1v) is 7.33. The Balaban J connectivity index is 2.07. The predicted molar refractivity (Wildman–Crippen MR) is 82.2 cm³/mol. The van der Waals surface area contributed by atoms with E-state index in [4.69, 9.17) is 11.6 Å². The lowest BCUT2D eigenvalue weighted by Crippen LogP contribution is -2.06. The molecule has 3 nitrogen and oxygen atoms in total. The number of halogens is 2. The summed E-state index contributed by atoms with van der Waals surface area (Å²) in [6.45, 7) is 2.56. The smallest absolute Gasteiger partial charge is 0.125 e. The summed E-state index contributed by atoms with van der Waals surface area (Å²) in [5, 5.41) is 0. The average molecular weight is 304 g/mol. The van der Waals surface area contributed by atoms with Gasteiger partial charge in [0.05, 0.1) is 17.6 Å². The zero-order valence-electron chi connectivity index (χ0n) is 11.7. The van der Waals surface area contributed by atoms with E-state index in [0.717, 1.165) is 28.1 Å². The highest BCUT2D eigenvalue weighted by atomic mass is 35.5. The van der Waals surface area contributed by atoms with Gasteiger partial charge in [0.2, 0.25) is 0 Å². The van der Waals surface area contributed by atoms with Crippen LogP contribution in [0.2, 0.25) is 0 Å². The second kappa shape index (κ2) is 5.82. The van der Waals surface area contributed by atoms with Crippen molar-refractivity contribution in [3.63, 3.8) is 0 Å². The number of imidazole rings is 1. The summed E-state index contributed by atoms with van der Waals surface area (Å²) < 4.78 is 15.5. The van der Waals surface area contributed by atoms with Crippen molar-refractivity contribution in [3.8, 4) is 0 Å². The topological polar surface area (TPSA) is 30.7 Å². The van der Waals surface area contributed by atoms with E-state index in [9.17, 15) is 4.39 Å². The standard InChI is InChI=1S/C16H15ClFN3/c1-11-2-3-12(9-19-11)10-21-15-8-13(18)4-5-14(15)20-16(21)6-7-17/h2-5,8-9H,6-7,10H2,1H3. The lowest BCUT2D eigenvalue weighted by Gasteiger charge is -2.09. The van der Waals surface area contributed by atoms with Crippen molar-refractivity contribution in [2.75, 3.05) is 5.88 Å². The lowest BCUT2D eigenvalue weighted by atomic mass is 10.2. The Bertz CT molecular complexity index is 765. The van der Waals surface area contributed by atoms with E-state index in [2.05, 4.69) is 9.97 Å². The van der Waals surface area contributed by atoms with Crippen LogP contribution in [0.15, 0.2) is 36.5 Å². The minimum atomic E-state index is -0.261. The monoisotopic (exact) mass is 303 g/mol. The highest BCUT2D eigenvalue weighted by Crippen LogP contribution is 2.20. The van der Waals surface area contributed by atoms with Gasteiger partial charge >= 0.3 is 0 Å². The molecule has 1 aromatic carbocycles. The Morgan fingerprint density at radius 3 is 2.81 bits per heavy atom. The average Bonchev–Trinajstić information content (AvgIpc) is 2.79. The number of pyridine rings is 1. The fourth-order valence-electron chi connectivity index (χ4n) is 2.37. The van der Waals surface area contributed by atoms with Crippen LogP contribution in [0.4, 0.5) is 4.39 Å². The van der Waals surface area contributed by atoms with Crippen LogP contribution >= 0.6 is 11.6 Å². The summed E-state index contributed by atoms with van der Waals surface area (Å²) in [4.78, 5) is 8.85. The molecule has 0 aliphatic carbocycles. The molecule has 2 heterocycles. The molecule has 0 saturated carbocycles. The number of hydrogen-bond acceptors (Lipinski definition) is 2. The van der Waals surface area contributed by atoms with Gasteiger partial charge in [-0.25, -0.2) is 9.37 Å². The van der Waals surface area contributed by atoms with Crippen molar-refractivity contribution in [3.05, 3.63) is 59.4 Å². The molecule has 0 unspecified atom stereocenters. The molecule has 0 atom stereocenters. The third kappa shape index (κ3) is 2.90. The Labute approximate surface area is 127 Å². The molecule has 0 amide bonds. The predicted octanol–water partition coefficient (Wildman–Crippen LogP) is 3.71. The molecule has 108 valence electrons. The van der Waals surface area contributed by atoms with Crippen molar-refractivity contribution in [1.82, 2.24) is 14.5 Å². The van der Waals surface area contributed by atoms with Gasteiger partial charge < -0.3 is 4.57 Å². The summed E-state index contributed by atoms with van der Waals surface area (Å²) in [7, 11) is 0. The van der Waals surface area contributed by atoms with Crippen LogP contribution in [0.3, 0.4) is 0 Å². The second-order valence-electron chi connectivity index (χ2n) is 4.99. The van der Waals surface area contributed by atoms with Gasteiger partial charge in [0.15, 0.2) is 0 Å². The maximum Gasteiger partial charge on any atom is 0.125 e. The Hall–Kier alpha value is -1.94. The van der Waals surface area contributed by atoms with Crippen molar-refractivity contribution >= 4 is 22.6 Å². The summed E-state index contributed by atoms with van der Waals surface area (Å²) in [5.74, 6) is 1.09. The van der Waals surface area contributed by atoms with Gasteiger partial charge in [-0.2, -0.15) is 0 Å². The van der Waals surface area contributed by atoms with Crippen LogP contribution in [-0.2, 0) is 13.0 Å². The van der Waals surface area contributed by atoms with Crippen LogP contribution < -0.4 is 0 Å². The molecule has 0 saturated heterocycles. The van der Waals surface area contributed by atoms with E-state index < -0.39 is 0 Å². The van der Waals surface area contributed by atoms with Crippen molar-refractivity contribution in [1.29, 1.82) is 0 Å². The number of aromatic nitrogens is 3. The molecule has 3 rings (SSSR count). The van der Waals surface area contributed by atoms with E-state index >= 15 is 0 Å². The summed E-state index contributed by atoms with van der Waals surface area (Å²) in [5.41, 5.74) is 3.61. The van der Waals surface area contributed by atoms with Gasteiger partial charge in [0.25, 0.3) is 0 Å². The van der Waals surface area contributed by atoms with Crippen LogP contribution in [0.25, 0.3) is 11.0 Å². The maximum absolute atomic E-state index is 13.5. The first-order valence-electron chi connectivity index (χ1n) is 6.79. The quantitative estimate of drug-likeness (QED) is 0.688.